The number of hydrogen-bond acceptors (Lipinski definition) is 5. The molecule has 0 aliphatic carbocycles. The first-order valence-electron chi connectivity index (χ1n) is 8.74. The molecule has 0 unspecified atom stereocenters. The summed E-state index contributed by atoms with van der Waals surface area (Å²) in [6, 6.07) is 22.8. The lowest BCUT2D eigenvalue weighted by Crippen LogP contribution is -2.01. The third-order valence-electron chi connectivity index (χ3n) is 4.31. The minimum atomic E-state index is 0.568. The number of aromatic nitrogens is 4. The minimum Gasteiger partial charge on any atom is -0.497 e. The summed E-state index contributed by atoms with van der Waals surface area (Å²) in [6.07, 6.45) is 0. The maximum absolute atomic E-state index is 9.01. The van der Waals surface area contributed by atoms with Crippen LogP contribution in [0.1, 0.15) is 11.3 Å². The van der Waals surface area contributed by atoms with Crippen molar-refractivity contribution in [3.63, 3.8) is 0 Å². The number of aryl methyl sites for hydroxylation is 1. The second-order valence-electron chi connectivity index (χ2n) is 6.22. The maximum Gasteiger partial charge on any atom is 0.182 e. The van der Waals surface area contributed by atoms with Crippen LogP contribution in [0.5, 0.6) is 5.75 Å². The topological polar surface area (TPSA) is 76.6 Å². The molecule has 0 radical (unpaired) electrons. The van der Waals surface area contributed by atoms with Gasteiger partial charge in [-0.1, -0.05) is 6.07 Å². The minimum absolute atomic E-state index is 0.568. The van der Waals surface area contributed by atoms with E-state index in [0.29, 0.717) is 17.2 Å². The van der Waals surface area contributed by atoms with Gasteiger partial charge in [-0.05, 0) is 67.6 Å². The second-order valence-corrected chi connectivity index (χ2v) is 6.22. The molecule has 2 aromatic carbocycles. The second kappa shape index (κ2) is 7.33. The fourth-order valence-corrected chi connectivity index (χ4v) is 2.87. The van der Waals surface area contributed by atoms with Gasteiger partial charge in [0.15, 0.2) is 11.6 Å². The molecule has 0 saturated carbocycles. The number of nitriles is 1. The van der Waals surface area contributed by atoms with Gasteiger partial charge in [0.25, 0.3) is 0 Å². The van der Waals surface area contributed by atoms with Crippen LogP contribution in [0.15, 0.2) is 66.7 Å². The average molecular weight is 367 g/mol. The monoisotopic (exact) mass is 367 g/mol. The van der Waals surface area contributed by atoms with Crippen LogP contribution in [0.4, 0.5) is 0 Å². The first-order valence-corrected chi connectivity index (χ1v) is 8.74. The van der Waals surface area contributed by atoms with Crippen molar-refractivity contribution in [2.24, 2.45) is 0 Å². The van der Waals surface area contributed by atoms with Crippen LogP contribution in [0.25, 0.3) is 28.6 Å². The van der Waals surface area contributed by atoms with Crippen LogP contribution in [0.3, 0.4) is 0 Å². The molecule has 0 amide bonds. The molecule has 0 bridgehead atoms. The maximum atomic E-state index is 9.01. The fourth-order valence-electron chi connectivity index (χ4n) is 2.87. The van der Waals surface area contributed by atoms with E-state index in [1.807, 2.05) is 61.5 Å². The Bertz CT molecular complexity index is 1160. The number of nitrogens with zero attached hydrogens (tertiary/aromatic N) is 5. The molecule has 0 saturated heterocycles. The summed E-state index contributed by atoms with van der Waals surface area (Å²) in [5, 5.41) is 13.7. The third-order valence-corrected chi connectivity index (χ3v) is 4.31. The molecule has 0 aliphatic rings. The largest absolute Gasteiger partial charge is 0.497 e. The molecular formula is C22H17N5O. The van der Waals surface area contributed by atoms with Gasteiger partial charge < -0.3 is 4.74 Å². The van der Waals surface area contributed by atoms with E-state index in [-0.39, 0.29) is 0 Å². The molecule has 6 nitrogen and oxygen atoms in total. The van der Waals surface area contributed by atoms with Crippen LogP contribution in [0, 0.1) is 18.3 Å². The number of benzene rings is 2. The lowest BCUT2D eigenvalue weighted by molar-refractivity contribution is 0.414. The number of pyridine rings is 1. The van der Waals surface area contributed by atoms with Crippen molar-refractivity contribution in [1.29, 1.82) is 5.26 Å². The van der Waals surface area contributed by atoms with Gasteiger partial charge in [-0.3, -0.25) is 0 Å². The van der Waals surface area contributed by atoms with E-state index in [4.69, 9.17) is 20.1 Å². The van der Waals surface area contributed by atoms with Crippen molar-refractivity contribution in [2.45, 2.75) is 6.92 Å². The molecule has 136 valence electrons. The summed E-state index contributed by atoms with van der Waals surface area (Å²) in [7, 11) is 1.63. The smallest absolute Gasteiger partial charge is 0.182 e. The molecule has 0 atom stereocenters. The summed E-state index contributed by atoms with van der Waals surface area (Å²) in [5.41, 5.74) is 3.93. The highest BCUT2D eigenvalue weighted by atomic mass is 16.5. The highest BCUT2D eigenvalue weighted by Crippen LogP contribution is 2.25. The van der Waals surface area contributed by atoms with Crippen LogP contribution in [-0.2, 0) is 0 Å². The number of hydrogen-bond donors (Lipinski definition) is 0. The third kappa shape index (κ3) is 3.33. The zero-order valence-corrected chi connectivity index (χ0v) is 15.5. The molecular weight excluding hydrogens is 350 g/mol. The quantitative estimate of drug-likeness (QED) is 0.541. The standard InChI is InChI=1S/C22H17N5O/c1-15-4-3-5-20(24-15)22-25-21(17-8-6-16(14-23)7-9-17)26-27(22)18-10-12-19(28-2)13-11-18/h3-13H,1-2H3. The van der Waals surface area contributed by atoms with Crippen molar-refractivity contribution < 1.29 is 4.74 Å². The molecule has 2 aromatic heterocycles. The predicted molar refractivity (Wildman–Crippen MR) is 106 cm³/mol. The van der Waals surface area contributed by atoms with E-state index in [0.717, 1.165) is 28.4 Å². The Morgan fingerprint density at radius 2 is 1.68 bits per heavy atom. The molecule has 6 heteroatoms. The van der Waals surface area contributed by atoms with Crippen LogP contribution >= 0.6 is 0 Å². The van der Waals surface area contributed by atoms with E-state index >= 15 is 0 Å². The van der Waals surface area contributed by atoms with E-state index in [1.54, 1.807) is 23.9 Å². The van der Waals surface area contributed by atoms with Gasteiger partial charge in [-0.2, -0.15) is 5.26 Å². The lowest BCUT2D eigenvalue weighted by Gasteiger charge is -2.07. The van der Waals surface area contributed by atoms with E-state index in [1.165, 1.54) is 0 Å². The molecule has 4 rings (SSSR count). The number of methoxy groups -OCH3 is 1. The van der Waals surface area contributed by atoms with Gasteiger partial charge in [0.1, 0.15) is 11.4 Å². The molecule has 0 spiro atoms. The SMILES string of the molecule is COc1ccc(-n2nc(-c3ccc(C#N)cc3)nc2-c2cccc(C)n2)cc1. The van der Waals surface area contributed by atoms with Gasteiger partial charge in [0.05, 0.1) is 24.4 Å². The molecule has 0 N–H and O–H groups in total. The normalized spacial score (nSPS) is 10.5. The van der Waals surface area contributed by atoms with Crippen molar-refractivity contribution in [2.75, 3.05) is 7.11 Å². The van der Waals surface area contributed by atoms with Crippen LogP contribution in [0.2, 0.25) is 0 Å². The fraction of sp³-hybridized carbons (Fsp3) is 0.0909. The predicted octanol–water partition coefficient (Wildman–Crippen LogP) is 4.19. The Balaban J connectivity index is 1.86. The summed E-state index contributed by atoms with van der Waals surface area (Å²) >= 11 is 0. The van der Waals surface area contributed by atoms with Crippen molar-refractivity contribution in [3.05, 3.63) is 78.0 Å². The van der Waals surface area contributed by atoms with Gasteiger partial charge in [-0.25, -0.2) is 14.6 Å². The van der Waals surface area contributed by atoms with Crippen molar-refractivity contribution >= 4 is 0 Å². The van der Waals surface area contributed by atoms with E-state index in [9.17, 15) is 0 Å². The molecule has 2 heterocycles. The Labute approximate surface area is 162 Å². The molecule has 0 fully saturated rings. The van der Waals surface area contributed by atoms with Crippen LogP contribution in [-0.4, -0.2) is 26.9 Å². The lowest BCUT2D eigenvalue weighted by atomic mass is 10.1. The zero-order chi connectivity index (χ0) is 19.5. The zero-order valence-electron chi connectivity index (χ0n) is 15.5. The molecule has 4 aromatic rings. The Morgan fingerprint density at radius 3 is 2.32 bits per heavy atom. The molecule has 28 heavy (non-hydrogen) atoms. The number of rotatable bonds is 4. The van der Waals surface area contributed by atoms with Gasteiger partial charge in [0, 0.05) is 11.3 Å². The average Bonchev–Trinajstić information content (AvgIpc) is 3.19. The highest BCUT2D eigenvalue weighted by Gasteiger charge is 2.16. The number of ether oxygens (including phenoxy) is 1. The summed E-state index contributed by atoms with van der Waals surface area (Å²) in [6.45, 7) is 1.94. The van der Waals surface area contributed by atoms with Gasteiger partial charge in [0.2, 0.25) is 0 Å². The van der Waals surface area contributed by atoms with Gasteiger partial charge in [-0.15, -0.1) is 5.10 Å². The Hall–Kier alpha value is -3.98. The van der Waals surface area contributed by atoms with Crippen molar-refractivity contribution in [1.82, 2.24) is 19.7 Å². The Morgan fingerprint density at radius 1 is 0.929 bits per heavy atom. The summed E-state index contributed by atoms with van der Waals surface area (Å²) in [4.78, 5) is 9.35. The Kier molecular flexibility index (Phi) is 4.56. The van der Waals surface area contributed by atoms with Crippen LogP contribution < -0.4 is 4.74 Å². The summed E-state index contributed by atoms with van der Waals surface area (Å²) in [5.74, 6) is 1.98. The summed E-state index contributed by atoms with van der Waals surface area (Å²) < 4.78 is 7.02. The molecule has 0 aliphatic heterocycles. The van der Waals surface area contributed by atoms with E-state index in [2.05, 4.69) is 11.1 Å². The first kappa shape index (κ1) is 17.4. The van der Waals surface area contributed by atoms with E-state index < -0.39 is 0 Å². The first-order chi connectivity index (χ1) is 13.7. The van der Waals surface area contributed by atoms with Crippen molar-refractivity contribution in [3.8, 4) is 40.4 Å². The highest BCUT2D eigenvalue weighted by molar-refractivity contribution is 5.62. The van der Waals surface area contributed by atoms with Gasteiger partial charge >= 0.3 is 0 Å².